The lowest BCUT2D eigenvalue weighted by molar-refractivity contribution is 1.29. The molecule has 0 aliphatic rings. The Balaban J connectivity index is 2.11. The van der Waals surface area contributed by atoms with Crippen molar-refractivity contribution < 1.29 is 0 Å². The highest BCUT2D eigenvalue weighted by Crippen LogP contribution is 1.93. The lowest BCUT2D eigenvalue weighted by Gasteiger charge is -2.12. The van der Waals surface area contributed by atoms with Crippen molar-refractivity contribution in [2.75, 3.05) is 0 Å². The average Bonchev–Trinajstić information content (AvgIpc) is 2.52. The maximum absolute atomic E-state index is 4.55. The third-order valence-electron chi connectivity index (χ3n) is 3.20. The molecule has 0 radical (unpaired) electrons. The van der Waals surface area contributed by atoms with Crippen LogP contribution in [0.3, 0.4) is 0 Å². The van der Waals surface area contributed by atoms with E-state index in [9.17, 15) is 0 Å². The van der Waals surface area contributed by atoms with Crippen LogP contribution < -0.4 is 16.8 Å². The van der Waals surface area contributed by atoms with Crippen LogP contribution in [0.4, 0.5) is 0 Å². The number of rotatable bonds is 3. The summed E-state index contributed by atoms with van der Waals surface area (Å²) in [7, 11) is 0. The van der Waals surface area contributed by atoms with Gasteiger partial charge in [-0.1, -0.05) is 18.2 Å². The SMILES string of the molecule is Cc1ccc(B(c2ccccn2)c2ccccn2)nc1. The van der Waals surface area contributed by atoms with Gasteiger partial charge in [0.15, 0.2) is 0 Å². The van der Waals surface area contributed by atoms with Gasteiger partial charge in [0.05, 0.1) is 0 Å². The van der Waals surface area contributed by atoms with Crippen molar-refractivity contribution in [2.24, 2.45) is 0 Å². The summed E-state index contributed by atoms with van der Waals surface area (Å²) in [5.74, 6) is 0. The molecule has 3 nitrogen and oxygen atoms in total. The number of pyridine rings is 3. The van der Waals surface area contributed by atoms with Gasteiger partial charge in [0.2, 0.25) is 0 Å². The molecule has 4 heteroatoms. The van der Waals surface area contributed by atoms with E-state index >= 15 is 0 Å². The van der Waals surface area contributed by atoms with Gasteiger partial charge in [-0.3, -0.25) is 15.0 Å². The van der Waals surface area contributed by atoms with E-state index in [2.05, 4.69) is 21.0 Å². The Bertz CT molecular complexity index is 630. The second kappa shape index (κ2) is 5.65. The Kier molecular flexibility index (Phi) is 3.55. The predicted molar refractivity (Wildman–Crippen MR) is 82.1 cm³/mol. The summed E-state index contributed by atoms with van der Waals surface area (Å²) in [4.78, 5) is 13.5. The maximum Gasteiger partial charge on any atom is 0.310 e. The Labute approximate surface area is 118 Å². The molecule has 3 aromatic rings. The summed E-state index contributed by atoms with van der Waals surface area (Å²) in [6.07, 6.45) is 5.49. The number of aromatic nitrogens is 3. The highest BCUT2D eigenvalue weighted by molar-refractivity contribution is 6.93. The van der Waals surface area contributed by atoms with E-state index in [0.29, 0.717) is 0 Å². The number of hydrogen-bond donors (Lipinski definition) is 0. The summed E-state index contributed by atoms with van der Waals surface area (Å²) in [5.41, 5.74) is 4.03. The molecule has 0 aliphatic heterocycles. The lowest BCUT2D eigenvalue weighted by atomic mass is 9.42. The molecule has 0 amide bonds. The van der Waals surface area contributed by atoms with Gasteiger partial charge in [-0.25, -0.2) is 0 Å². The van der Waals surface area contributed by atoms with Crippen molar-refractivity contribution >= 4 is 23.5 Å². The third kappa shape index (κ3) is 2.59. The zero-order valence-corrected chi connectivity index (χ0v) is 11.3. The normalized spacial score (nSPS) is 10.2. The average molecular weight is 259 g/mol. The molecule has 0 unspecified atom stereocenters. The van der Waals surface area contributed by atoms with Crippen LogP contribution in [-0.4, -0.2) is 21.7 Å². The van der Waals surface area contributed by atoms with Crippen molar-refractivity contribution in [2.45, 2.75) is 6.92 Å². The van der Waals surface area contributed by atoms with Crippen LogP contribution in [0.5, 0.6) is 0 Å². The first-order chi connectivity index (χ1) is 9.84. The Morgan fingerprint density at radius 3 is 1.75 bits per heavy atom. The van der Waals surface area contributed by atoms with Crippen LogP contribution in [0.1, 0.15) is 5.56 Å². The van der Waals surface area contributed by atoms with Crippen molar-refractivity contribution in [3.8, 4) is 0 Å². The van der Waals surface area contributed by atoms with Crippen LogP contribution in [-0.2, 0) is 0 Å². The molecule has 0 N–H and O–H groups in total. The van der Waals surface area contributed by atoms with Gasteiger partial charge in [-0.2, -0.15) is 0 Å². The fraction of sp³-hybridized carbons (Fsp3) is 0.0625. The molecular formula is C16H14BN3. The molecule has 3 rings (SSSR count). The van der Waals surface area contributed by atoms with Gasteiger partial charge < -0.3 is 0 Å². The summed E-state index contributed by atoms with van der Waals surface area (Å²) in [6.45, 7) is 2.01. The zero-order valence-electron chi connectivity index (χ0n) is 11.3. The molecule has 0 saturated heterocycles. The first-order valence-electron chi connectivity index (χ1n) is 6.59. The molecule has 0 aromatic carbocycles. The summed E-state index contributed by atoms with van der Waals surface area (Å²) < 4.78 is 0. The van der Waals surface area contributed by atoms with E-state index < -0.39 is 0 Å². The molecule has 0 bridgehead atoms. The Morgan fingerprint density at radius 2 is 1.30 bits per heavy atom. The van der Waals surface area contributed by atoms with Gasteiger partial charge in [-0.15, -0.1) is 0 Å². The molecule has 0 fully saturated rings. The van der Waals surface area contributed by atoms with Gasteiger partial charge in [-0.05, 0) is 42.8 Å². The third-order valence-corrected chi connectivity index (χ3v) is 3.20. The Morgan fingerprint density at radius 1 is 0.700 bits per heavy atom. The minimum absolute atomic E-state index is 0.0296. The van der Waals surface area contributed by atoms with E-state index in [0.717, 1.165) is 22.3 Å². The second-order valence-electron chi connectivity index (χ2n) is 4.70. The van der Waals surface area contributed by atoms with Crippen LogP contribution >= 0.6 is 0 Å². The fourth-order valence-corrected chi connectivity index (χ4v) is 2.20. The van der Waals surface area contributed by atoms with Crippen LogP contribution in [0.2, 0.25) is 0 Å². The molecule has 3 aromatic heterocycles. The topological polar surface area (TPSA) is 38.7 Å². The first kappa shape index (κ1) is 12.5. The molecule has 96 valence electrons. The molecule has 0 atom stereocenters. The van der Waals surface area contributed by atoms with Crippen LogP contribution in [0.15, 0.2) is 67.1 Å². The number of nitrogens with zero attached hydrogens (tertiary/aromatic N) is 3. The molecule has 0 aliphatic carbocycles. The monoisotopic (exact) mass is 259 g/mol. The van der Waals surface area contributed by atoms with Crippen molar-refractivity contribution in [1.82, 2.24) is 15.0 Å². The molecular weight excluding hydrogens is 245 g/mol. The van der Waals surface area contributed by atoms with Crippen molar-refractivity contribution in [1.29, 1.82) is 0 Å². The smallest absolute Gasteiger partial charge is 0.270 e. The summed E-state index contributed by atoms with van der Waals surface area (Å²) >= 11 is 0. The first-order valence-corrected chi connectivity index (χ1v) is 6.59. The van der Waals surface area contributed by atoms with Gasteiger partial charge in [0.25, 0.3) is 0 Å². The van der Waals surface area contributed by atoms with E-state index in [-0.39, 0.29) is 6.71 Å². The second-order valence-corrected chi connectivity index (χ2v) is 4.70. The minimum Gasteiger partial charge on any atom is -0.270 e. The summed E-state index contributed by atoms with van der Waals surface area (Å²) in [5, 5.41) is 0. The highest BCUT2D eigenvalue weighted by atomic mass is 14.7. The van der Waals surface area contributed by atoms with Gasteiger partial charge in [0, 0.05) is 35.4 Å². The van der Waals surface area contributed by atoms with E-state index in [1.165, 1.54) is 0 Å². The molecule has 0 spiro atoms. The molecule has 20 heavy (non-hydrogen) atoms. The van der Waals surface area contributed by atoms with Crippen molar-refractivity contribution in [3.63, 3.8) is 0 Å². The summed E-state index contributed by atoms with van der Waals surface area (Å²) in [6, 6.07) is 16.0. The van der Waals surface area contributed by atoms with E-state index in [1.54, 1.807) is 12.4 Å². The van der Waals surface area contributed by atoms with Crippen LogP contribution in [0.25, 0.3) is 0 Å². The molecule has 0 saturated carbocycles. The lowest BCUT2D eigenvalue weighted by Crippen LogP contribution is -2.55. The number of aryl methyl sites for hydroxylation is 1. The largest absolute Gasteiger partial charge is 0.310 e. The highest BCUT2D eigenvalue weighted by Gasteiger charge is 2.25. The predicted octanol–water partition coefficient (Wildman–Crippen LogP) is 0.696. The quantitative estimate of drug-likeness (QED) is 0.650. The minimum atomic E-state index is -0.0296. The van der Waals surface area contributed by atoms with Gasteiger partial charge in [0.1, 0.15) is 0 Å². The van der Waals surface area contributed by atoms with E-state index in [4.69, 9.17) is 0 Å². The van der Waals surface area contributed by atoms with E-state index in [1.807, 2.05) is 55.6 Å². The van der Waals surface area contributed by atoms with Crippen molar-refractivity contribution in [3.05, 3.63) is 72.7 Å². The van der Waals surface area contributed by atoms with Crippen LogP contribution in [0, 0.1) is 6.92 Å². The molecule has 3 heterocycles. The van der Waals surface area contributed by atoms with Gasteiger partial charge >= 0.3 is 6.71 Å². The zero-order chi connectivity index (χ0) is 13.8. The Hall–Kier alpha value is -2.49. The standard InChI is InChI=1S/C16H14BN3/c1-13-8-9-16(20-12-13)17(14-6-2-4-10-18-14)15-7-3-5-11-19-15/h2-12H,1H3. The number of hydrogen-bond acceptors (Lipinski definition) is 3. The fourth-order valence-electron chi connectivity index (χ4n) is 2.20. The maximum atomic E-state index is 4.55.